The molecule has 4 nitrogen and oxygen atoms in total. The van der Waals surface area contributed by atoms with Crippen LogP contribution < -0.4 is 10.6 Å². The molecule has 4 aromatic carbocycles. The van der Waals surface area contributed by atoms with Crippen molar-refractivity contribution in [3.63, 3.8) is 0 Å². The van der Waals surface area contributed by atoms with E-state index in [-0.39, 0.29) is 28.1 Å². The molecule has 210 valence electrons. The van der Waals surface area contributed by atoms with Crippen LogP contribution in [0.1, 0.15) is 22.3 Å². The Morgan fingerprint density at radius 3 is 1.00 bits per heavy atom. The van der Waals surface area contributed by atoms with Gasteiger partial charge in [-0.2, -0.15) is 0 Å². The number of benzene rings is 4. The van der Waals surface area contributed by atoms with Gasteiger partial charge in [-0.15, -0.1) is 0 Å². The van der Waals surface area contributed by atoms with Gasteiger partial charge in [0.05, 0.1) is 0 Å². The summed E-state index contributed by atoms with van der Waals surface area (Å²) in [6.45, 7) is 1.21. The number of carbonyl (C=O) groups is 2. The Morgan fingerprint density at radius 1 is 0.439 bits per heavy atom. The van der Waals surface area contributed by atoms with Crippen molar-refractivity contribution in [2.24, 2.45) is 0 Å². The third-order valence-electron chi connectivity index (χ3n) is 6.42. The van der Waals surface area contributed by atoms with Crippen molar-refractivity contribution < 1.29 is 26.1 Å². The maximum atomic E-state index is 12.8. The Labute approximate surface area is 253 Å². The van der Waals surface area contributed by atoms with Crippen LogP contribution in [-0.4, -0.2) is 24.7 Å². The van der Waals surface area contributed by atoms with Gasteiger partial charge in [0.2, 0.25) is 0 Å². The van der Waals surface area contributed by atoms with Crippen LogP contribution in [0.25, 0.3) is 0 Å². The van der Waals surface area contributed by atoms with E-state index >= 15 is 0 Å². The van der Waals surface area contributed by atoms with E-state index in [4.69, 9.17) is 0 Å². The van der Waals surface area contributed by atoms with Gasteiger partial charge < -0.3 is 10.6 Å². The fourth-order valence-corrected chi connectivity index (χ4v) is 4.49. The Morgan fingerprint density at radius 2 is 0.707 bits per heavy atom. The first-order valence-electron chi connectivity index (χ1n) is 13.7. The van der Waals surface area contributed by atoms with Gasteiger partial charge in [-0.05, 0) is 22.3 Å². The van der Waals surface area contributed by atoms with E-state index in [0.29, 0.717) is 38.8 Å². The van der Waals surface area contributed by atoms with Crippen LogP contribution in [0.2, 0.25) is 0 Å². The molecule has 41 heavy (non-hydrogen) atoms. The number of ketones is 2. The predicted molar refractivity (Wildman–Crippen MR) is 163 cm³/mol. The number of rotatable bonds is 15. The first kappa shape index (κ1) is 31.3. The van der Waals surface area contributed by atoms with Crippen LogP contribution in [0.3, 0.4) is 0 Å². The Balaban J connectivity index is 0.00000462. The number of hydrogen-bond acceptors (Lipinski definition) is 4. The first-order valence-corrected chi connectivity index (χ1v) is 13.7. The normalized spacial score (nSPS) is 11.3. The van der Waals surface area contributed by atoms with E-state index in [1.54, 1.807) is 12.2 Å². The maximum Gasteiger partial charge on any atom is 2.00 e. The van der Waals surface area contributed by atoms with Gasteiger partial charge in [-0.25, -0.2) is 0 Å². The maximum absolute atomic E-state index is 12.8. The minimum Gasteiger partial charge on any atom is -0.386 e. The monoisotopic (exact) mass is 586 g/mol. The summed E-state index contributed by atoms with van der Waals surface area (Å²) >= 11 is 0. The Hall–Kier alpha value is -4.21. The van der Waals surface area contributed by atoms with Crippen molar-refractivity contribution >= 4 is 11.6 Å². The fraction of sp³-hybridized carbons (Fsp3) is 0.167. The molecular formula is C36H36N2NiO2+2. The van der Waals surface area contributed by atoms with Gasteiger partial charge in [0, 0.05) is 62.3 Å². The second-order valence-corrected chi connectivity index (χ2v) is 9.77. The topological polar surface area (TPSA) is 58.2 Å². The van der Waals surface area contributed by atoms with Gasteiger partial charge in [-0.1, -0.05) is 121 Å². The molecule has 0 bridgehead atoms. The average Bonchev–Trinajstić information content (AvgIpc) is 2.97. The third-order valence-corrected chi connectivity index (χ3v) is 6.42. The molecule has 0 fully saturated rings. The van der Waals surface area contributed by atoms with Crippen molar-refractivity contribution in [1.29, 1.82) is 0 Å². The Bertz CT molecular complexity index is 1290. The summed E-state index contributed by atoms with van der Waals surface area (Å²) < 4.78 is 0. The Kier molecular flexibility index (Phi) is 13.4. The first-order chi connectivity index (χ1) is 19.6. The molecule has 0 spiro atoms. The molecule has 0 aliphatic rings. The van der Waals surface area contributed by atoms with E-state index in [1.807, 2.05) is 97.1 Å². The summed E-state index contributed by atoms with van der Waals surface area (Å²) in [6.07, 6.45) is 5.47. The van der Waals surface area contributed by atoms with Crippen LogP contribution in [0.15, 0.2) is 145 Å². The minimum absolute atomic E-state index is 0. The number of allylic oxidation sites excluding steroid dienone is 4. The van der Waals surface area contributed by atoms with Crippen LogP contribution >= 0.6 is 0 Å². The summed E-state index contributed by atoms with van der Waals surface area (Å²) in [5, 5.41) is 6.93. The number of nitrogens with one attached hydrogen (secondary N) is 2. The van der Waals surface area contributed by atoms with E-state index in [0.717, 1.165) is 33.6 Å². The summed E-state index contributed by atoms with van der Waals surface area (Å²) in [6, 6.07) is 39.9. The van der Waals surface area contributed by atoms with Crippen LogP contribution in [0, 0.1) is 0 Å². The molecule has 0 aliphatic carbocycles. The molecule has 4 aromatic rings. The van der Waals surface area contributed by atoms with Crippen LogP contribution in [0.4, 0.5) is 0 Å². The molecule has 0 aliphatic heterocycles. The summed E-state index contributed by atoms with van der Waals surface area (Å²) in [4.78, 5) is 25.7. The second-order valence-electron chi connectivity index (χ2n) is 9.77. The van der Waals surface area contributed by atoms with Gasteiger partial charge in [0.15, 0.2) is 11.6 Å². The fourth-order valence-electron chi connectivity index (χ4n) is 4.49. The van der Waals surface area contributed by atoms with Gasteiger partial charge in [-0.3, -0.25) is 9.59 Å². The SMILES string of the molecule is O=C(/C=C(/Cc1ccccc1)NCCN/C(=C\C(=O)Cc1ccccc1)Cc1ccccc1)Cc1ccccc1.[Ni+2]. The van der Waals surface area contributed by atoms with Crippen LogP contribution in [0.5, 0.6) is 0 Å². The van der Waals surface area contributed by atoms with Crippen molar-refractivity contribution in [3.05, 3.63) is 167 Å². The van der Waals surface area contributed by atoms with Crippen molar-refractivity contribution in [2.75, 3.05) is 13.1 Å². The van der Waals surface area contributed by atoms with Crippen molar-refractivity contribution in [3.8, 4) is 0 Å². The predicted octanol–water partition coefficient (Wildman–Crippen LogP) is 6.04. The van der Waals surface area contributed by atoms with Crippen molar-refractivity contribution in [1.82, 2.24) is 10.6 Å². The quantitative estimate of drug-likeness (QED) is 0.101. The molecule has 0 heterocycles. The van der Waals surface area contributed by atoms with E-state index < -0.39 is 0 Å². The molecule has 0 radical (unpaired) electrons. The molecular weight excluding hydrogens is 551 g/mol. The summed E-state index contributed by atoms with van der Waals surface area (Å²) in [5.41, 5.74) is 6.03. The zero-order valence-corrected chi connectivity index (χ0v) is 24.1. The molecule has 0 aromatic heterocycles. The van der Waals surface area contributed by atoms with Gasteiger partial charge in [0.25, 0.3) is 0 Å². The average molecular weight is 587 g/mol. The van der Waals surface area contributed by atoms with Gasteiger partial charge >= 0.3 is 16.5 Å². The number of hydrogen-bond donors (Lipinski definition) is 2. The molecule has 0 saturated carbocycles. The molecule has 0 unspecified atom stereocenters. The molecule has 2 N–H and O–H groups in total. The third kappa shape index (κ3) is 11.8. The standard InChI is InChI=1S/C36H36N2O2.Ni/c39-35(25-31-17-9-3-10-18-31)27-33(23-29-13-5-1-6-14-29)37-21-22-38-34(24-30-15-7-2-8-16-30)28-36(40)26-32-19-11-4-12-20-32;/h1-20,27-28,37-38H,21-26H2;/q;+2/b33-27-,34-28-;. The summed E-state index contributed by atoms with van der Waals surface area (Å²) in [7, 11) is 0. The largest absolute Gasteiger partial charge is 2.00 e. The van der Waals surface area contributed by atoms with Crippen LogP contribution in [-0.2, 0) is 51.8 Å². The minimum atomic E-state index is 0. The van der Waals surface area contributed by atoms with E-state index in [2.05, 4.69) is 34.9 Å². The molecule has 0 atom stereocenters. The second kappa shape index (κ2) is 17.5. The molecule has 0 saturated heterocycles. The molecule has 5 heteroatoms. The zero-order valence-electron chi connectivity index (χ0n) is 23.1. The smallest absolute Gasteiger partial charge is 0.386 e. The molecule has 4 rings (SSSR count). The number of carbonyl (C=O) groups excluding carboxylic acids is 2. The van der Waals surface area contributed by atoms with Gasteiger partial charge in [0.1, 0.15) is 0 Å². The van der Waals surface area contributed by atoms with E-state index in [1.165, 1.54) is 0 Å². The molecule has 0 amide bonds. The van der Waals surface area contributed by atoms with E-state index in [9.17, 15) is 9.59 Å². The van der Waals surface area contributed by atoms with Crippen molar-refractivity contribution in [2.45, 2.75) is 25.7 Å². The summed E-state index contributed by atoms with van der Waals surface area (Å²) in [5.74, 6) is 0.127. The zero-order chi connectivity index (χ0) is 27.8.